The standard InChI is InChI=1S/C9H19NO2/c1-7-3-2-4-9(7)10-8(5-11)6-12/h7-12H,2-6H2,1H3. The van der Waals surface area contributed by atoms with Gasteiger partial charge in [-0.05, 0) is 18.8 Å². The van der Waals surface area contributed by atoms with Gasteiger partial charge in [-0.2, -0.15) is 0 Å². The SMILES string of the molecule is CC1CCCC1NC(CO)CO. The molecule has 1 fully saturated rings. The lowest BCUT2D eigenvalue weighted by Gasteiger charge is -2.22. The quantitative estimate of drug-likeness (QED) is 0.566. The minimum atomic E-state index is -0.129. The number of hydrogen-bond donors (Lipinski definition) is 3. The Kier molecular flexibility index (Phi) is 3.98. The minimum absolute atomic E-state index is 0.0275. The van der Waals surface area contributed by atoms with Gasteiger partial charge in [-0.1, -0.05) is 13.3 Å². The lowest BCUT2D eigenvalue weighted by Crippen LogP contribution is -2.43. The Hall–Kier alpha value is -0.120. The third kappa shape index (κ3) is 2.44. The molecule has 3 N–H and O–H groups in total. The summed E-state index contributed by atoms with van der Waals surface area (Å²) >= 11 is 0. The highest BCUT2D eigenvalue weighted by Gasteiger charge is 2.24. The van der Waals surface area contributed by atoms with E-state index in [0.717, 1.165) is 0 Å². The van der Waals surface area contributed by atoms with Gasteiger partial charge in [-0.3, -0.25) is 0 Å². The molecule has 0 amide bonds. The maximum atomic E-state index is 8.85. The zero-order valence-electron chi connectivity index (χ0n) is 7.66. The fraction of sp³-hybridized carbons (Fsp3) is 1.00. The molecule has 2 unspecified atom stereocenters. The fourth-order valence-electron chi connectivity index (χ4n) is 1.86. The Morgan fingerprint density at radius 2 is 2.00 bits per heavy atom. The first-order valence-corrected chi connectivity index (χ1v) is 4.75. The summed E-state index contributed by atoms with van der Waals surface area (Å²) in [6.45, 7) is 2.27. The summed E-state index contributed by atoms with van der Waals surface area (Å²) in [5, 5.41) is 21.0. The van der Waals surface area contributed by atoms with Crippen LogP contribution in [0.5, 0.6) is 0 Å². The third-order valence-electron chi connectivity index (χ3n) is 2.75. The van der Waals surface area contributed by atoms with Gasteiger partial charge in [0, 0.05) is 6.04 Å². The molecule has 1 rings (SSSR count). The molecule has 0 aromatic carbocycles. The van der Waals surface area contributed by atoms with E-state index in [-0.39, 0.29) is 19.3 Å². The second-order valence-corrected chi connectivity index (χ2v) is 3.74. The van der Waals surface area contributed by atoms with Gasteiger partial charge >= 0.3 is 0 Å². The van der Waals surface area contributed by atoms with E-state index in [0.29, 0.717) is 12.0 Å². The average Bonchev–Trinajstić information content (AvgIpc) is 2.47. The Morgan fingerprint density at radius 3 is 2.42 bits per heavy atom. The predicted molar refractivity (Wildman–Crippen MR) is 47.9 cm³/mol. The van der Waals surface area contributed by atoms with Crippen molar-refractivity contribution in [3.8, 4) is 0 Å². The van der Waals surface area contributed by atoms with Crippen LogP contribution in [-0.4, -0.2) is 35.5 Å². The molecule has 3 nitrogen and oxygen atoms in total. The number of aliphatic hydroxyl groups is 2. The normalized spacial score (nSPS) is 30.0. The van der Waals surface area contributed by atoms with E-state index >= 15 is 0 Å². The van der Waals surface area contributed by atoms with Crippen LogP contribution in [0.1, 0.15) is 26.2 Å². The van der Waals surface area contributed by atoms with Gasteiger partial charge in [-0.25, -0.2) is 0 Å². The highest BCUT2D eigenvalue weighted by atomic mass is 16.3. The molecule has 0 heterocycles. The van der Waals surface area contributed by atoms with Crippen molar-refractivity contribution in [1.29, 1.82) is 0 Å². The van der Waals surface area contributed by atoms with Crippen LogP contribution < -0.4 is 5.32 Å². The van der Waals surface area contributed by atoms with Crippen molar-refractivity contribution >= 4 is 0 Å². The van der Waals surface area contributed by atoms with Gasteiger partial charge in [0.05, 0.1) is 19.3 Å². The van der Waals surface area contributed by atoms with Crippen LogP contribution in [0, 0.1) is 5.92 Å². The van der Waals surface area contributed by atoms with Gasteiger partial charge in [0.15, 0.2) is 0 Å². The minimum Gasteiger partial charge on any atom is -0.395 e. The molecule has 2 atom stereocenters. The second-order valence-electron chi connectivity index (χ2n) is 3.74. The van der Waals surface area contributed by atoms with Crippen molar-refractivity contribution < 1.29 is 10.2 Å². The molecule has 12 heavy (non-hydrogen) atoms. The largest absolute Gasteiger partial charge is 0.395 e. The molecule has 3 heteroatoms. The molecule has 1 aliphatic rings. The van der Waals surface area contributed by atoms with E-state index in [4.69, 9.17) is 10.2 Å². The van der Waals surface area contributed by atoms with Crippen LogP contribution >= 0.6 is 0 Å². The lowest BCUT2D eigenvalue weighted by molar-refractivity contribution is 0.157. The first-order valence-electron chi connectivity index (χ1n) is 4.75. The van der Waals surface area contributed by atoms with Crippen molar-refractivity contribution in [2.24, 2.45) is 5.92 Å². The topological polar surface area (TPSA) is 52.5 Å². The number of rotatable bonds is 4. The molecule has 72 valence electrons. The van der Waals surface area contributed by atoms with Crippen LogP contribution in [0.15, 0.2) is 0 Å². The first kappa shape index (κ1) is 9.96. The van der Waals surface area contributed by atoms with Gasteiger partial charge in [-0.15, -0.1) is 0 Å². The summed E-state index contributed by atoms with van der Waals surface area (Å²) in [6, 6.07) is 0.366. The van der Waals surface area contributed by atoms with Crippen LogP contribution in [0.2, 0.25) is 0 Å². The predicted octanol–water partition coefficient (Wildman–Crippen LogP) is 0.118. The second kappa shape index (κ2) is 4.80. The highest BCUT2D eigenvalue weighted by Crippen LogP contribution is 2.24. The van der Waals surface area contributed by atoms with Crippen molar-refractivity contribution in [2.45, 2.75) is 38.3 Å². The Balaban J connectivity index is 2.28. The summed E-state index contributed by atoms with van der Waals surface area (Å²) in [7, 11) is 0. The molecule has 0 saturated heterocycles. The molecular formula is C9H19NO2. The first-order chi connectivity index (χ1) is 5.77. The van der Waals surface area contributed by atoms with Crippen LogP contribution in [0.3, 0.4) is 0 Å². The molecule has 0 radical (unpaired) electrons. The van der Waals surface area contributed by atoms with Crippen molar-refractivity contribution in [1.82, 2.24) is 5.32 Å². The zero-order chi connectivity index (χ0) is 8.97. The van der Waals surface area contributed by atoms with Crippen LogP contribution in [0.25, 0.3) is 0 Å². The summed E-state index contributed by atoms with van der Waals surface area (Å²) in [5.74, 6) is 0.686. The molecule has 0 aromatic heterocycles. The smallest absolute Gasteiger partial charge is 0.0607 e. The molecular weight excluding hydrogens is 154 g/mol. The number of aliphatic hydroxyl groups excluding tert-OH is 2. The third-order valence-corrected chi connectivity index (χ3v) is 2.75. The van der Waals surface area contributed by atoms with Crippen LogP contribution in [-0.2, 0) is 0 Å². The van der Waals surface area contributed by atoms with Gasteiger partial charge in [0.25, 0.3) is 0 Å². The number of nitrogens with one attached hydrogen (secondary N) is 1. The maximum Gasteiger partial charge on any atom is 0.0607 e. The van der Waals surface area contributed by atoms with E-state index in [9.17, 15) is 0 Å². The van der Waals surface area contributed by atoms with E-state index in [1.54, 1.807) is 0 Å². The molecule has 1 aliphatic carbocycles. The molecule has 0 aromatic rings. The Bertz CT molecular complexity index is 126. The molecule has 0 spiro atoms. The van der Waals surface area contributed by atoms with Crippen molar-refractivity contribution in [2.75, 3.05) is 13.2 Å². The van der Waals surface area contributed by atoms with Gasteiger partial charge in [0.1, 0.15) is 0 Å². The monoisotopic (exact) mass is 173 g/mol. The molecule has 1 saturated carbocycles. The molecule has 0 bridgehead atoms. The van der Waals surface area contributed by atoms with E-state index in [1.807, 2.05) is 0 Å². The maximum absolute atomic E-state index is 8.85. The summed E-state index contributed by atoms with van der Waals surface area (Å²) < 4.78 is 0. The Labute approximate surface area is 73.8 Å². The van der Waals surface area contributed by atoms with E-state index < -0.39 is 0 Å². The average molecular weight is 173 g/mol. The van der Waals surface area contributed by atoms with Crippen molar-refractivity contribution in [3.63, 3.8) is 0 Å². The van der Waals surface area contributed by atoms with Crippen molar-refractivity contribution in [3.05, 3.63) is 0 Å². The highest BCUT2D eigenvalue weighted by molar-refractivity contribution is 4.82. The number of hydrogen-bond acceptors (Lipinski definition) is 3. The fourth-order valence-corrected chi connectivity index (χ4v) is 1.86. The van der Waals surface area contributed by atoms with E-state index in [1.165, 1.54) is 19.3 Å². The summed E-state index contributed by atoms with van der Waals surface area (Å²) in [6.07, 6.45) is 3.71. The van der Waals surface area contributed by atoms with E-state index in [2.05, 4.69) is 12.2 Å². The summed E-state index contributed by atoms with van der Waals surface area (Å²) in [4.78, 5) is 0. The Morgan fingerprint density at radius 1 is 1.33 bits per heavy atom. The van der Waals surface area contributed by atoms with Gasteiger partial charge < -0.3 is 15.5 Å². The van der Waals surface area contributed by atoms with Crippen LogP contribution in [0.4, 0.5) is 0 Å². The lowest BCUT2D eigenvalue weighted by atomic mass is 10.1. The molecule has 0 aliphatic heterocycles. The summed E-state index contributed by atoms with van der Waals surface area (Å²) in [5.41, 5.74) is 0. The zero-order valence-corrected chi connectivity index (χ0v) is 7.66. The van der Waals surface area contributed by atoms with Gasteiger partial charge in [0.2, 0.25) is 0 Å².